The lowest BCUT2D eigenvalue weighted by Crippen LogP contribution is -2.37. The Labute approximate surface area is 278 Å². The number of carbonyl (C=O) groups is 2. The molecule has 0 bridgehead atoms. The van der Waals surface area contributed by atoms with Crippen molar-refractivity contribution in [3.63, 3.8) is 0 Å². The molecule has 6 rings (SSSR count). The summed E-state index contributed by atoms with van der Waals surface area (Å²) in [5.41, 5.74) is 3.92. The molecule has 2 amide bonds. The molecule has 2 aliphatic heterocycles. The van der Waals surface area contributed by atoms with Gasteiger partial charge in [-0.15, -0.1) is 0 Å². The number of nitrogens with one attached hydrogen (secondary N) is 2. The second kappa shape index (κ2) is 12.7. The summed E-state index contributed by atoms with van der Waals surface area (Å²) in [5.74, 6) is 0.325. The maximum absolute atomic E-state index is 14.9. The van der Waals surface area contributed by atoms with E-state index in [9.17, 15) is 18.4 Å². The lowest BCUT2D eigenvalue weighted by molar-refractivity contribution is 0.0185. The molecule has 2 aromatic heterocycles. The minimum Gasteiger partial charge on any atom is -0.444 e. The molecule has 1 unspecified atom stereocenters. The monoisotopic (exact) mass is 660 g/mol. The quantitative estimate of drug-likeness (QED) is 0.226. The Bertz CT molecular complexity index is 1760. The summed E-state index contributed by atoms with van der Waals surface area (Å²) in [7, 11) is 0. The first-order chi connectivity index (χ1) is 22.6. The molecule has 2 N–H and O–H groups in total. The van der Waals surface area contributed by atoms with Crippen LogP contribution in [0, 0.1) is 0 Å². The lowest BCUT2D eigenvalue weighted by Gasteiger charge is -2.28. The molecule has 4 aromatic rings. The van der Waals surface area contributed by atoms with Crippen molar-refractivity contribution in [1.82, 2.24) is 29.7 Å². The van der Waals surface area contributed by atoms with Crippen LogP contribution in [0.1, 0.15) is 71.6 Å². The summed E-state index contributed by atoms with van der Waals surface area (Å²) >= 11 is 0. The zero-order chi connectivity index (χ0) is 34.4. The van der Waals surface area contributed by atoms with Crippen molar-refractivity contribution in [3.8, 4) is 33.6 Å². The molecule has 0 saturated carbocycles. The van der Waals surface area contributed by atoms with Crippen molar-refractivity contribution in [2.24, 2.45) is 0 Å². The molecule has 0 spiro atoms. The van der Waals surface area contributed by atoms with Gasteiger partial charge >= 0.3 is 12.2 Å². The predicted molar refractivity (Wildman–Crippen MR) is 178 cm³/mol. The standard InChI is InChI=1S/C36H42F2N6O4/c1-35(2,3)47-33(45)43-19-25(27(38)20-43)31-39-17-28(41-31)23-11-7-21(8-12-23)22-9-13-24(14-10-22)29-18-40-32(42-29)30-26(37)15-16-44(30)34(46)48-36(4,5)6/h7-14,17-18,25-27,30H,15-16,19-20H2,1-6H3,(H,39,41)(H,40,42)/t25-,26-,27-,30?/m0/s1. The van der Waals surface area contributed by atoms with Crippen molar-refractivity contribution in [2.75, 3.05) is 19.6 Å². The highest BCUT2D eigenvalue weighted by atomic mass is 19.1. The molecular formula is C36H42F2N6O4. The number of likely N-dealkylation sites (tertiary alicyclic amines) is 2. The van der Waals surface area contributed by atoms with Crippen molar-refractivity contribution in [3.05, 3.63) is 72.6 Å². The number of amides is 2. The fourth-order valence-electron chi connectivity index (χ4n) is 6.09. The van der Waals surface area contributed by atoms with E-state index in [2.05, 4.69) is 19.9 Å². The molecule has 2 fully saturated rings. The van der Waals surface area contributed by atoms with Crippen LogP contribution < -0.4 is 0 Å². The van der Waals surface area contributed by atoms with E-state index in [1.165, 1.54) is 9.80 Å². The lowest BCUT2D eigenvalue weighted by atomic mass is 10.0. The van der Waals surface area contributed by atoms with Crippen LogP contribution in [-0.2, 0) is 9.47 Å². The van der Waals surface area contributed by atoms with E-state index in [1.54, 1.807) is 53.9 Å². The second-order valence-electron chi connectivity index (χ2n) is 14.4. The maximum atomic E-state index is 14.9. The third-order valence-electron chi connectivity index (χ3n) is 8.40. The van der Waals surface area contributed by atoms with Gasteiger partial charge in [0.25, 0.3) is 0 Å². The summed E-state index contributed by atoms with van der Waals surface area (Å²) < 4.78 is 40.8. The first-order valence-corrected chi connectivity index (χ1v) is 16.2. The van der Waals surface area contributed by atoms with E-state index in [0.29, 0.717) is 11.6 Å². The first kappa shape index (κ1) is 33.2. The smallest absolute Gasteiger partial charge is 0.411 e. The summed E-state index contributed by atoms with van der Waals surface area (Å²) in [6.07, 6.45) is -0.00186. The Kier molecular flexibility index (Phi) is 8.78. The number of hydrogen-bond acceptors (Lipinski definition) is 6. The molecule has 2 aromatic carbocycles. The van der Waals surface area contributed by atoms with Crippen molar-refractivity contribution in [2.45, 2.75) is 83.5 Å². The number of aromatic amines is 2. The number of aromatic nitrogens is 4. The fraction of sp³-hybridized carbons (Fsp3) is 0.444. The third-order valence-corrected chi connectivity index (χ3v) is 8.40. The summed E-state index contributed by atoms with van der Waals surface area (Å²) in [6, 6.07) is 15.0. The van der Waals surface area contributed by atoms with Gasteiger partial charge in [-0.25, -0.2) is 28.3 Å². The SMILES string of the molecule is CC(C)(C)OC(=O)N1C[C@H](c2ncc(-c3ccc(-c4ccc(-c5cnc(C6[C@@H](F)CCN6C(=O)OC(C)(C)C)[nH]5)cc4)cc3)[nH]2)[C@@H](F)C1. The summed E-state index contributed by atoms with van der Waals surface area (Å²) in [4.78, 5) is 43.3. The molecule has 4 atom stereocenters. The van der Waals surface area contributed by atoms with Crippen LogP contribution in [-0.4, -0.2) is 85.1 Å². The second-order valence-corrected chi connectivity index (χ2v) is 14.4. The topological polar surface area (TPSA) is 116 Å². The van der Waals surface area contributed by atoms with Gasteiger partial charge in [-0.1, -0.05) is 48.5 Å². The molecule has 0 radical (unpaired) electrons. The molecule has 10 nitrogen and oxygen atoms in total. The number of hydrogen-bond donors (Lipinski definition) is 2. The zero-order valence-electron chi connectivity index (χ0n) is 28.1. The molecule has 12 heteroatoms. The van der Waals surface area contributed by atoms with Crippen LogP contribution in [0.2, 0.25) is 0 Å². The van der Waals surface area contributed by atoms with Crippen LogP contribution in [0.4, 0.5) is 18.4 Å². The number of benzene rings is 2. The van der Waals surface area contributed by atoms with Crippen molar-refractivity contribution in [1.29, 1.82) is 0 Å². The van der Waals surface area contributed by atoms with E-state index in [0.717, 1.165) is 33.6 Å². The van der Waals surface area contributed by atoms with Gasteiger partial charge in [0.15, 0.2) is 0 Å². The molecule has 4 heterocycles. The van der Waals surface area contributed by atoms with Gasteiger partial charge < -0.3 is 24.3 Å². The van der Waals surface area contributed by atoms with Gasteiger partial charge in [0.1, 0.15) is 41.2 Å². The summed E-state index contributed by atoms with van der Waals surface area (Å²) in [5, 5.41) is 0. The molecular weight excluding hydrogens is 618 g/mol. The molecule has 2 aliphatic rings. The first-order valence-electron chi connectivity index (χ1n) is 16.2. The van der Waals surface area contributed by atoms with Gasteiger partial charge in [-0.3, -0.25) is 4.90 Å². The van der Waals surface area contributed by atoms with Gasteiger partial charge in [0.05, 0.1) is 36.2 Å². The van der Waals surface area contributed by atoms with Crippen molar-refractivity contribution < 1.29 is 27.8 Å². The van der Waals surface area contributed by atoms with Gasteiger partial charge in [-0.2, -0.15) is 0 Å². The largest absolute Gasteiger partial charge is 0.444 e. The highest BCUT2D eigenvalue weighted by Crippen LogP contribution is 2.36. The van der Waals surface area contributed by atoms with E-state index in [4.69, 9.17) is 9.47 Å². The normalized spacial score (nSPS) is 21.5. The number of rotatable bonds is 5. The van der Waals surface area contributed by atoms with Crippen LogP contribution >= 0.6 is 0 Å². The maximum Gasteiger partial charge on any atom is 0.411 e. The highest BCUT2D eigenvalue weighted by molar-refractivity contribution is 5.72. The number of imidazole rings is 2. The van der Waals surface area contributed by atoms with Crippen LogP contribution in [0.5, 0.6) is 0 Å². The zero-order valence-corrected chi connectivity index (χ0v) is 28.1. The number of carbonyl (C=O) groups excluding carboxylic acids is 2. The Morgan fingerprint density at radius 1 is 0.708 bits per heavy atom. The predicted octanol–water partition coefficient (Wildman–Crippen LogP) is 7.83. The number of H-pyrrole nitrogens is 2. The van der Waals surface area contributed by atoms with E-state index < -0.39 is 47.7 Å². The van der Waals surface area contributed by atoms with Crippen LogP contribution in [0.25, 0.3) is 33.6 Å². The third kappa shape index (κ3) is 7.22. The number of nitrogens with zero attached hydrogens (tertiary/aromatic N) is 4. The van der Waals surface area contributed by atoms with Gasteiger partial charge in [0.2, 0.25) is 0 Å². The Hall–Kier alpha value is -4.74. The average molecular weight is 661 g/mol. The van der Waals surface area contributed by atoms with Crippen LogP contribution in [0.15, 0.2) is 60.9 Å². The van der Waals surface area contributed by atoms with E-state index in [-0.39, 0.29) is 26.1 Å². The summed E-state index contributed by atoms with van der Waals surface area (Å²) in [6.45, 7) is 11.1. The highest BCUT2D eigenvalue weighted by Gasteiger charge is 2.42. The van der Waals surface area contributed by atoms with E-state index in [1.807, 2.05) is 48.5 Å². The molecule has 48 heavy (non-hydrogen) atoms. The van der Waals surface area contributed by atoms with Gasteiger partial charge in [-0.05, 0) is 70.2 Å². The van der Waals surface area contributed by atoms with Crippen molar-refractivity contribution >= 4 is 12.2 Å². The number of halogens is 2. The molecule has 2 saturated heterocycles. The average Bonchev–Trinajstić information content (AvgIpc) is 3.82. The molecule has 0 aliphatic carbocycles. The minimum atomic E-state index is -1.24. The Morgan fingerprint density at radius 3 is 1.73 bits per heavy atom. The number of ether oxygens (including phenoxy) is 2. The van der Waals surface area contributed by atoms with Crippen LogP contribution in [0.3, 0.4) is 0 Å². The Balaban J connectivity index is 1.10. The Morgan fingerprint density at radius 2 is 1.19 bits per heavy atom. The van der Waals surface area contributed by atoms with Gasteiger partial charge in [0, 0.05) is 13.1 Å². The van der Waals surface area contributed by atoms with E-state index >= 15 is 0 Å². The minimum absolute atomic E-state index is 0.0318. The molecule has 254 valence electrons. The number of alkyl halides is 2. The fourth-order valence-corrected chi connectivity index (χ4v) is 6.09.